The fourth-order valence-electron chi connectivity index (χ4n) is 2.75. The zero-order chi connectivity index (χ0) is 17.3. The maximum Gasteiger partial charge on any atom is 0.262 e. The zero-order valence-electron chi connectivity index (χ0n) is 12.7. The lowest BCUT2D eigenvalue weighted by molar-refractivity contribution is -0.127. The molecule has 3 rings (SSSR count). The molecule has 2 aromatic rings. The third-order valence-electron chi connectivity index (χ3n) is 3.92. The fraction of sp³-hybridized carbons (Fsp3) is 0.375. The molecule has 8 heteroatoms. The van der Waals surface area contributed by atoms with Crippen LogP contribution >= 0.6 is 46.1 Å². The third-order valence-corrected chi connectivity index (χ3v) is 6.06. The van der Waals surface area contributed by atoms with Crippen LogP contribution in [0, 0.1) is 0 Å². The molecular formula is C16H15Cl3N2O2S. The van der Waals surface area contributed by atoms with Gasteiger partial charge in [0.25, 0.3) is 5.91 Å². The van der Waals surface area contributed by atoms with Gasteiger partial charge in [-0.3, -0.25) is 9.59 Å². The Morgan fingerprint density at radius 2 is 2.08 bits per heavy atom. The molecule has 0 bridgehead atoms. The molecule has 1 aromatic carbocycles. The number of benzene rings is 1. The van der Waals surface area contributed by atoms with E-state index in [1.54, 1.807) is 12.1 Å². The number of fused-ring (bicyclic) bond motifs is 1. The van der Waals surface area contributed by atoms with Crippen LogP contribution in [0.15, 0.2) is 12.1 Å². The monoisotopic (exact) mass is 404 g/mol. The summed E-state index contributed by atoms with van der Waals surface area (Å²) in [4.78, 5) is 26.1. The Kier molecular flexibility index (Phi) is 5.55. The summed E-state index contributed by atoms with van der Waals surface area (Å²) in [6.45, 7) is 1.97. The van der Waals surface area contributed by atoms with Gasteiger partial charge in [0.05, 0.1) is 10.0 Å². The topological polar surface area (TPSA) is 49.4 Å². The first kappa shape index (κ1) is 17.8. The number of hydrogen-bond acceptors (Lipinski definition) is 3. The number of nitrogens with one attached hydrogen (secondary N) is 1. The summed E-state index contributed by atoms with van der Waals surface area (Å²) in [6.07, 6.45) is 2.27. The number of rotatable bonds is 5. The minimum atomic E-state index is -0.235. The van der Waals surface area contributed by atoms with Crippen molar-refractivity contribution in [3.05, 3.63) is 32.1 Å². The normalized spacial score (nSPS) is 14.6. The molecule has 1 saturated heterocycles. The summed E-state index contributed by atoms with van der Waals surface area (Å²) in [7, 11) is 0. The molecular weight excluding hydrogens is 391 g/mol. The number of likely N-dealkylation sites (tertiary alicyclic amines) is 1. The number of thiophene rings is 1. The maximum atomic E-state index is 12.4. The number of carbonyl (C=O) groups is 2. The molecule has 24 heavy (non-hydrogen) atoms. The van der Waals surface area contributed by atoms with Crippen LogP contribution in [0.3, 0.4) is 0 Å². The van der Waals surface area contributed by atoms with Crippen LogP contribution < -0.4 is 5.32 Å². The van der Waals surface area contributed by atoms with Gasteiger partial charge in [0, 0.05) is 41.2 Å². The van der Waals surface area contributed by atoms with E-state index in [1.165, 1.54) is 11.3 Å². The van der Waals surface area contributed by atoms with E-state index in [4.69, 9.17) is 34.8 Å². The predicted octanol–water partition coefficient (Wildman–Crippen LogP) is 4.60. The fourth-order valence-corrected chi connectivity index (χ4v) is 5.04. The van der Waals surface area contributed by atoms with Crippen molar-refractivity contribution in [1.29, 1.82) is 0 Å². The molecule has 0 aliphatic carbocycles. The van der Waals surface area contributed by atoms with Crippen LogP contribution in [-0.4, -0.2) is 36.3 Å². The molecule has 128 valence electrons. The van der Waals surface area contributed by atoms with Gasteiger partial charge < -0.3 is 10.2 Å². The second kappa shape index (κ2) is 7.48. The van der Waals surface area contributed by atoms with Gasteiger partial charge in [0.2, 0.25) is 5.91 Å². The van der Waals surface area contributed by atoms with Crippen LogP contribution in [0.1, 0.15) is 28.9 Å². The second-order valence-corrected chi connectivity index (χ2v) is 7.87. The van der Waals surface area contributed by atoms with Crippen molar-refractivity contribution >= 4 is 68.0 Å². The molecule has 0 radical (unpaired) electrons. The largest absolute Gasteiger partial charge is 0.351 e. The lowest BCUT2D eigenvalue weighted by Crippen LogP contribution is -2.30. The van der Waals surface area contributed by atoms with E-state index >= 15 is 0 Å². The molecule has 2 amide bonds. The summed E-state index contributed by atoms with van der Waals surface area (Å²) in [5.74, 6) is -0.0402. The standard InChI is InChI=1S/C16H15Cl3N2O2S/c17-9-7-10(18)13-11(8-9)24-15(14(13)19)16(23)20-4-2-6-21-5-1-3-12(21)22/h7-8H,1-6H2,(H,20,23). The van der Waals surface area contributed by atoms with Gasteiger partial charge in [-0.15, -0.1) is 11.3 Å². The highest BCUT2D eigenvalue weighted by Crippen LogP contribution is 2.41. The highest BCUT2D eigenvalue weighted by atomic mass is 35.5. The molecule has 0 saturated carbocycles. The van der Waals surface area contributed by atoms with Crippen LogP contribution in [0.2, 0.25) is 15.1 Å². The Morgan fingerprint density at radius 3 is 2.79 bits per heavy atom. The average Bonchev–Trinajstić information content (AvgIpc) is 3.07. The van der Waals surface area contributed by atoms with Crippen molar-refractivity contribution in [2.24, 2.45) is 0 Å². The van der Waals surface area contributed by atoms with Gasteiger partial charge in [-0.05, 0) is 25.0 Å². The van der Waals surface area contributed by atoms with Crippen molar-refractivity contribution in [1.82, 2.24) is 10.2 Å². The highest BCUT2D eigenvalue weighted by Gasteiger charge is 2.21. The average molecular weight is 406 g/mol. The number of halogens is 3. The smallest absolute Gasteiger partial charge is 0.262 e. The maximum absolute atomic E-state index is 12.4. The summed E-state index contributed by atoms with van der Waals surface area (Å²) < 4.78 is 0.783. The Hall–Kier alpha value is -1.01. The van der Waals surface area contributed by atoms with E-state index in [2.05, 4.69) is 5.32 Å². The lowest BCUT2D eigenvalue weighted by atomic mass is 10.2. The third kappa shape index (κ3) is 3.64. The van der Waals surface area contributed by atoms with E-state index < -0.39 is 0 Å². The molecule has 1 aromatic heterocycles. The summed E-state index contributed by atoms with van der Waals surface area (Å²) in [5, 5.41) is 4.79. The van der Waals surface area contributed by atoms with Gasteiger partial charge in [-0.25, -0.2) is 0 Å². The Balaban J connectivity index is 1.63. The van der Waals surface area contributed by atoms with Crippen LogP contribution in [0.5, 0.6) is 0 Å². The van der Waals surface area contributed by atoms with Crippen molar-refractivity contribution in [2.45, 2.75) is 19.3 Å². The lowest BCUT2D eigenvalue weighted by Gasteiger charge is -2.15. The predicted molar refractivity (Wildman–Crippen MR) is 99.6 cm³/mol. The SMILES string of the molecule is O=C(NCCCN1CCCC1=O)c1sc2cc(Cl)cc(Cl)c2c1Cl. The first-order valence-corrected chi connectivity index (χ1v) is 9.55. The minimum Gasteiger partial charge on any atom is -0.351 e. The molecule has 1 aliphatic heterocycles. The van der Waals surface area contributed by atoms with E-state index in [-0.39, 0.29) is 11.8 Å². The van der Waals surface area contributed by atoms with Crippen molar-refractivity contribution < 1.29 is 9.59 Å². The minimum absolute atomic E-state index is 0.195. The molecule has 4 nitrogen and oxygen atoms in total. The van der Waals surface area contributed by atoms with Gasteiger partial charge in [-0.2, -0.15) is 0 Å². The number of nitrogens with zero attached hydrogens (tertiary/aromatic N) is 1. The van der Waals surface area contributed by atoms with Crippen molar-refractivity contribution in [2.75, 3.05) is 19.6 Å². The van der Waals surface area contributed by atoms with Gasteiger partial charge >= 0.3 is 0 Å². The van der Waals surface area contributed by atoms with Gasteiger partial charge in [0.1, 0.15) is 4.88 Å². The van der Waals surface area contributed by atoms with Crippen molar-refractivity contribution in [3.63, 3.8) is 0 Å². The molecule has 1 fully saturated rings. The summed E-state index contributed by atoms with van der Waals surface area (Å²) in [5.41, 5.74) is 0. The van der Waals surface area contributed by atoms with Crippen LogP contribution in [0.25, 0.3) is 10.1 Å². The second-order valence-electron chi connectivity index (χ2n) is 5.60. The van der Waals surface area contributed by atoms with E-state index in [9.17, 15) is 9.59 Å². The Labute approximate surface area is 158 Å². The molecule has 1 aliphatic rings. The molecule has 0 spiro atoms. The van der Waals surface area contributed by atoms with E-state index in [1.807, 2.05) is 4.90 Å². The summed E-state index contributed by atoms with van der Waals surface area (Å²) >= 11 is 19.7. The summed E-state index contributed by atoms with van der Waals surface area (Å²) in [6, 6.07) is 3.36. The van der Waals surface area contributed by atoms with Gasteiger partial charge in [-0.1, -0.05) is 34.8 Å². The zero-order valence-corrected chi connectivity index (χ0v) is 15.8. The molecule has 2 heterocycles. The molecule has 1 N–H and O–H groups in total. The number of hydrogen-bond donors (Lipinski definition) is 1. The Morgan fingerprint density at radius 1 is 1.29 bits per heavy atom. The molecule has 0 atom stereocenters. The van der Waals surface area contributed by atoms with Crippen LogP contribution in [-0.2, 0) is 4.79 Å². The number of amides is 2. The Bertz CT molecular complexity index is 806. The quantitative estimate of drug-likeness (QED) is 0.739. The van der Waals surface area contributed by atoms with Crippen molar-refractivity contribution in [3.8, 4) is 0 Å². The van der Waals surface area contributed by atoms with Crippen LogP contribution in [0.4, 0.5) is 0 Å². The van der Waals surface area contributed by atoms with E-state index in [0.29, 0.717) is 51.3 Å². The first-order valence-electron chi connectivity index (χ1n) is 7.60. The van der Waals surface area contributed by atoms with Gasteiger partial charge in [0.15, 0.2) is 0 Å². The number of carbonyl (C=O) groups excluding carboxylic acids is 2. The molecule has 0 unspecified atom stereocenters. The highest BCUT2D eigenvalue weighted by molar-refractivity contribution is 7.21. The first-order chi connectivity index (χ1) is 11.5. The van der Waals surface area contributed by atoms with E-state index in [0.717, 1.165) is 17.7 Å².